The van der Waals surface area contributed by atoms with Gasteiger partial charge in [-0.05, 0) is 24.6 Å². The number of hydrogen-bond donors (Lipinski definition) is 0. The number of aromatic nitrogens is 3. The predicted molar refractivity (Wildman–Crippen MR) is 139 cm³/mol. The molecule has 0 radical (unpaired) electrons. The summed E-state index contributed by atoms with van der Waals surface area (Å²) >= 11 is 0. The van der Waals surface area contributed by atoms with E-state index >= 15 is 0 Å². The Morgan fingerprint density at radius 3 is 1.71 bits per heavy atom. The van der Waals surface area contributed by atoms with Crippen LogP contribution in [0.4, 0.5) is 0 Å². The number of benzene rings is 4. The first-order chi connectivity index (χ1) is 16.8. The molecular weight excluding hydrogens is 418 g/mol. The highest BCUT2D eigenvalue weighted by Gasteiger charge is 2.18. The van der Waals surface area contributed by atoms with Crippen LogP contribution < -0.4 is 0 Å². The zero-order chi connectivity index (χ0) is 23.5. The maximum atomic E-state index is 6.31. The van der Waals surface area contributed by atoms with Gasteiger partial charge in [0.1, 0.15) is 11.2 Å². The molecule has 4 aromatic carbocycles. The number of fused-ring (bicyclic) bond motifs is 3. The summed E-state index contributed by atoms with van der Waals surface area (Å²) in [6.07, 6.45) is 0. The number of hydrogen-bond acceptors (Lipinski definition) is 4. The molecule has 0 fully saturated rings. The third-order valence-corrected chi connectivity index (χ3v) is 5.67. The monoisotopic (exact) mass is 443 g/mol. The van der Waals surface area contributed by atoms with E-state index in [1.54, 1.807) is 0 Å². The highest BCUT2D eigenvalue weighted by Crippen LogP contribution is 2.37. The first-order valence-corrected chi connectivity index (χ1v) is 11.6. The van der Waals surface area contributed by atoms with Crippen molar-refractivity contribution in [1.82, 2.24) is 15.0 Å². The Hall–Kier alpha value is -4.31. The van der Waals surface area contributed by atoms with Gasteiger partial charge in [0.15, 0.2) is 17.5 Å². The van der Waals surface area contributed by atoms with Crippen LogP contribution in [0, 0.1) is 6.92 Å². The second-order valence-corrected chi connectivity index (χ2v) is 7.77. The van der Waals surface area contributed by atoms with Crippen molar-refractivity contribution in [3.8, 4) is 34.2 Å². The van der Waals surface area contributed by atoms with E-state index in [2.05, 4.69) is 19.1 Å². The molecule has 2 aromatic heterocycles. The van der Waals surface area contributed by atoms with Crippen LogP contribution in [0.3, 0.4) is 0 Å². The minimum absolute atomic E-state index is 0.599. The summed E-state index contributed by atoms with van der Waals surface area (Å²) in [5, 5.41) is 2.20. The average Bonchev–Trinajstić information content (AvgIpc) is 3.31. The second kappa shape index (κ2) is 9.28. The highest BCUT2D eigenvalue weighted by atomic mass is 16.3. The maximum Gasteiger partial charge on any atom is 0.167 e. The standard InChI is InChI=1S/C28H19N3O.C2H6/c1-18-16-17-22(25-24(18)21-14-8-9-15-23(21)32-25)28-30-26(19-10-4-2-5-11-19)29-27(31-28)20-12-6-3-7-13-20;1-2/h2-17H,1H3;1-2H3. The molecule has 0 saturated heterocycles. The first-order valence-electron chi connectivity index (χ1n) is 11.6. The molecule has 0 bridgehead atoms. The van der Waals surface area contributed by atoms with E-state index in [0.717, 1.165) is 44.2 Å². The van der Waals surface area contributed by atoms with Crippen LogP contribution in [0.15, 0.2) is 101 Å². The largest absolute Gasteiger partial charge is 0.455 e. The minimum atomic E-state index is 0.599. The normalized spacial score (nSPS) is 10.8. The van der Waals surface area contributed by atoms with Crippen LogP contribution in [0.25, 0.3) is 56.1 Å². The van der Waals surface area contributed by atoms with Crippen LogP contribution in [-0.4, -0.2) is 15.0 Å². The van der Waals surface area contributed by atoms with Gasteiger partial charge in [-0.15, -0.1) is 0 Å². The van der Waals surface area contributed by atoms with Crippen molar-refractivity contribution in [1.29, 1.82) is 0 Å². The molecule has 0 aliphatic carbocycles. The number of nitrogens with zero attached hydrogens (tertiary/aromatic N) is 3. The predicted octanol–water partition coefficient (Wildman–Crippen LogP) is 8.11. The topological polar surface area (TPSA) is 51.8 Å². The summed E-state index contributed by atoms with van der Waals surface area (Å²) in [5.74, 6) is 1.88. The van der Waals surface area contributed by atoms with E-state index in [4.69, 9.17) is 19.4 Å². The molecule has 0 spiro atoms. The van der Waals surface area contributed by atoms with Gasteiger partial charge in [0, 0.05) is 21.9 Å². The van der Waals surface area contributed by atoms with Crippen molar-refractivity contribution in [2.75, 3.05) is 0 Å². The molecule has 166 valence electrons. The lowest BCUT2D eigenvalue weighted by molar-refractivity contribution is 0.669. The molecule has 0 aliphatic rings. The highest BCUT2D eigenvalue weighted by molar-refractivity contribution is 6.10. The van der Waals surface area contributed by atoms with E-state index in [9.17, 15) is 0 Å². The molecular formula is C30H25N3O. The van der Waals surface area contributed by atoms with Crippen molar-refractivity contribution in [3.05, 3.63) is 103 Å². The van der Waals surface area contributed by atoms with Crippen LogP contribution >= 0.6 is 0 Å². The number of para-hydroxylation sites is 1. The Balaban J connectivity index is 0.00000117. The van der Waals surface area contributed by atoms with Crippen LogP contribution in [0.1, 0.15) is 19.4 Å². The molecule has 4 nitrogen and oxygen atoms in total. The smallest absolute Gasteiger partial charge is 0.167 e. The van der Waals surface area contributed by atoms with Gasteiger partial charge in [0.2, 0.25) is 0 Å². The number of rotatable bonds is 3. The molecule has 4 heteroatoms. The van der Waals surface area contributed by atoms with Crippen LogP contribution in [-0.2, 0) is 0 Å². The van der Waals surface area contributed by atoms with Crippen molar-refractivity contribution in [2.45, 2.75) is 20.8 Å². The van der Waals surface area contributed by atoms with E-state index in [1.807, 2.05) is 98.8 Å². The van der Waals surface area contributed by atoms with Gasteiger partial charge in [0.05, 0.1) is 5.56 Å². The molecule has 0 atom stereocenters. The third kappa shape index (κ3) is 3.84. The fourth-order valence-electron chi connectivity index (χ4n) is 4.10. The molecule has 0 amide bonds. The molecule has 0 saturated carbocycles. The summed E-state index contributed by atoms with van der Waals surface area (Å²) in [4.78, 5) is 14.5. The Morgan fingerprint density at radius 2 is 1.09 bits per heavy atom. The van der Waals surface area contributed by atoms with E-state index in [1.165, 1.54) is 0 Å². The Kier molecular flexibility index (Phi) is 5.88. The second-order valence-electron chi connectivity index (χ2n) is 7.77. The van der Waals surface area contributed by atoms with Gasteiger partial charge >= 0.3 is 0 Å². The lowest BCUT2D eigenvalue weighted by atomic mass is 10.0. The van der Waals surface area contributed by atoms with Gasteiger partial charge in [-0.3, -0.25) is 0 Å². The third-order valence-electron chi connectivity index (χ3n) is 5.67. The van der Waals surface area contributed by atoms with Crippen LogP contribution in [0.5, 0.6) is 0 Å². The fraction of sp³-hybridized carbons (Fsp3) is 0.100. The Morgan fingerprint density at radius 1 is 0.559 bits per heavy atom. The number of aryl methyl sites for hydroxylation is 1. The van der Waals surface area contributed by atoms with E-state index < -0.39 is 0 Å². The minimum Gasteiger partial charge on any atom is -0.455 e. The zero-order valence-electron chi connectivity index (χ0n) is 19.5. The van der Waals surface area contributed by atoms with Gasteiger partial charge in [-0.25, -0.2) is 15.0 Å². The lowest BCUT2D eigenvalue weighted by Crippen LogP contribution is -2.00. The van der Waals surface area contributed by atoms with Crippen LogP contribution in [0.2, 0.25) is 0 Å². The molecule has 0 unspecified atom stereocenters. The van der Waals surface area contributed by atoms with Crippen molar-refractivity contribution in [3.63, 3.8) is 0 Å². The molecule has 6 aromatic rings. The van der Waals surface area contributed by atoms with Gasteiger partial charge in [0.25, 0.3) is 0 Å². The summed E-state index contributed by atoms with van der Waals surface area (Å²) in [5.41, 5.74) is 5.57. The van der Waals surface area contributed by atoms with Gasteiger partial charge < -0.3 is 4.42 Å². The summed E-state index contributed by atoms with van der Waals surface area (Å²) in [6.45, 7) is 6.10. The summed E-state index contributed by atoms with van der Waals surface area (Å²) in [6, 6.07) is 32.3. The zero-order valence-corrected chi connectivity index (χ0v) is 19.5. The fourth-order valence-corrected chi connectivity index (χ4v) is 4.10. The molecule has 6 rings (SSSR count). The van der Waals surface area contributed by atoms with Crippen molar-refractivity contribution >= 4 is 21.9 Å². The lowest BCUT2D eigenvalue weighted by Gasteiger charge is -2.09. The molecule has 0 N–H and O–H groups in total. The van der Waals surface area contributed by atoms with Crippen molar-refractivity contribution < 1.29 is 4.42 Å². The van der Waals surface area contributed by atoms with E-state index in [-0.39, 0.29) is 0 Å². The Labute approximate surface area is 199 Å². The molecule has 2 heterocycles. The van der Waals surface area contributed by atoms with Crippen molar-refractivity contribution in [2.24, 2.45) is 0 Å². The quantitative estimate of drug-likeness (QED) is 0.277. The summed E-state index contributed by atoms with van der Waals surface area (Å²) in [7, 11) is 0. The Bertz CT molecular complexity index is 1510. The molecule has 0 aliphatic heterocycles. The van der Waals surface area contributed by atoms with Gasteiger partial charge in [-0.1, -0.05) is 98.8 Å². The SMILES string of the molecule is CC.Cc1ccc(-c2nc(-c3ccccc3)nc(-c3ccccc3)n2)c2oc3ccccc3c12. The van der Waals surface area contributed by atoms with Gasteiger partial charge in [-0.2, -0.15) is 0 Å². The number of furan rings is 1. The maximum absolute atomic E-state index is 6.31. The summed E-state index contributed by atoms with van der Waals surface area (Å²) < 4.78 is 6.31. The molecule has 34 heavy (non-hydrogen) atoms. The average molecular weight is 444 g/mol. The first kappa shape index (κ1) is 21.5. The van der Waals surface area contributed by atoms with E-state index in [0.29, 0.717) is 17.5 Å².